The van der Waals surface area contributed by atoms with Gasteiger partial charge in [0.25, 0.3) is 0 Å². The van der Waals surface area contributed by atoms with Gasteiger partial charge in [0.1, 0.15) is 0 Å². The average molecular weight is 225 g/mol. The highest BCUT2D eigenvalue weighted by atomic mass is 35.5. The first-order valence-corrected chi connectivity index (χ1v) is 4.98. The van der Waals surface area contributed by atoms with Gasteiger partial charge in [-0.3, -0.25) is 4.68 Å². The Bertz CT molecular complexity index is 428. The van der Waals surface area contributed by atoms with Crippen LogP contribution in [0.4, 0.5) is 0 Å². The quantitative estimate of drug-likeness (QED) is 0.738. The summed E-state index contributed by atoms with van der Waals surface area (Å²) in [5.74, 6) is 0. The van der Waals surface area contributed by atoms with E-state index in [0.29, 0.717) is 0 Å². The summed E-state index contributed by atoms with van der Waals surface area (Å²) in [4.78, 5) is 0. The molecular formula is C10H9ClN2S. The zero-order valence-electron chi connectivity index (χ0n) is 7.61. The van der Waals surface area contributed by atoms with Gasteiger partial charge in [-0.25, -0.2) is 0 Å². The van der Waals surface area contributed by atoms with Crippen molar-refractivity contribution in [3.05, 3.63) is 35.4 Å². The minimum absolute atomic E-state index is 0.732. The second kappa shape index (κ2) is 3.67. The van der Waals surface area contributed by atoms with E-state index < -0.39 is 0 Å². The molecule has 0 aliphatic rings. The van der Waals surface area contributed by atoms with Gasteiger partial charge in [-0.1, -0.05) is 23.7 Å². The molecule has 72 valence electrons. The maximum atomic E-state index is 5.79. The maximum Gasteiger partial charge on any atom is 0.0934 e. The van der Waals surface area contributed by atoms with Crippen molar-refractivity contribution in [3.8, 4) is 11.3 Å². The summed E-state index contributed by atoms with van der Waals surface area (Å²) in [7, 11) is 1.86. The number of aromatic nitrogens is 2. The SMILES string of the molecule is Cn1nc(-c2ccc(Cl)cc2)cc1S. The van der Waals surface area contributed by atoms with E-state index in [-0.39, 0.29) is 0 Å². The number of nitrogens with zero attached hydrogens (tertiary/aromatic N) is 2. The van der Waals surface area contributed by atoms with Crippen LogP contribution in [0.3, 0.4) is 0 Å². The molecule has 1 heterocycles. The fourth-order valence-electron chi connectivity index (χ4n) is 1.22. The zero-order valence-corrected chi connectivity index (χ0v) is 9.26. The summed E-state index contributed by atoms with van der Waals surface area (Å²) in [6, 6.07) is 9.51. The Labute approximate surface area is 92.9 Å². The lowest BCUT2D eigenvalue weighted by atomic mass is 10.2. The summed E-state index contributed by atoms with van der Waals surface area (Å²) in [5.41, 5.74) is 1.96. The Morgan fingerprint density at radius 1 is 1.29 bits per heavy atom. The molecule has 0 saturated carbocycles. The van der Waals surface area contributed by atoms with Crippen LogP contribution in [0.5, 0.6) is 0 Å². The smallest absolute Gasteiger partial charge is 0.0934 e. The van der Waals surface area contributed by atoms with E-state index in [9.17, 15) is 0 Å². The fourth-order valence-corrected chi connectivity index (χ4v) is 1.51. The number of halogens is 1. The molecule has 0 unspecified atom stereocenters. The van der Waals surface area contributed by atoms with E-state index in [4.69, 9.17) is 11.6 Å². The van der Waals surface area contributed by atoms with E-state index >= 15 is 0 Å². The Hall–Kier alpha value is -0.930. The number of hydrogen-bond donors (Lipinski definition) is 1. The molecule has 0 saturated heterocycles. The number of hydrogen-bond acceptors (Lipinski definition) is 2. The Morgan fingerprint density at radius 3 is 2.43 bits per heavy atom. The summed E-state index contributed by atoms with van der Waals surface area (Å²) in [6.45, 7) is 0. The monoisotopic (exact) mass is 224 g/mol. The first-order chi connectivity index (χ1) is 6.66. The van der Waals surface area contributed by atoms with Crippen molar-refractivity contribution in [2.24, 2.45) is 7.05 Å². The molecule has 0 N–H and O–H groups in total. The van der Waals surface area contributed by atoms with E-state index in [1.54, 1.807) is 4.68 Å². The van der Waals surface area contributed by atoms with Gasteiger partial charge in [-0.2, -0.15) is 5.10 Å². The maximum absolute atomic E-state index is 5.79. The van der Waals surface area contributed by atoms with Crippen molar-refractivity contribution >= 4 is 24.2 Å². The van der Waals surface area contributed by atoms with Gasteiger partial charge in [-0.15, -0.1) is 12.6 Å². The first-order valence-electron chi connectivity index (χ1n) is 4.16. The van der Waals surface area contributed by atoms with Gasteiger partial charge in [0.15, 0.2) is 0 Å². The van der Waals surface area contributed by atoms with Gasteiger partial charge >= 0.3 is 0 Å². The molecule has 1 aromatic heterocycles. The molecule has 1 aromatic carbocycles. The van der Waals surface area contributed by atoms with E-state index in [1.807, 2.05) is 37.4 Å². The highest BCUT2D eigenvalue weighted by molar-refractivity contribution is 7.80. The second-order valence-corrected chi connectivity index (χ2v) is 3.91. The zero-order chi connectivity index (χ0) is 10.1. The normalized spacial score (nSPS) is 10.5. The predicted octanol–water partition coefficient (Wildman–Crippen LogP) is 3.03. The molecular weight excluding hydrogens is 216 g/mol. The lowest BCUT2D eigenvalue weighted by molar-refractivity contribution is 0.703. The van der Waals surface area contributed by atoms with Crippen LogP contribution in [0.2, 0.25) is 5.02 Å². The van der Waals surface area contributed by atoms with Crippen molar-refractivity contribution < 1.29 is 0 Å². The van der Waals surface area contributed by atoms with E-state index in [1.165, 1.54) is 0 Å². The van der Waals surface area contributed by atoms with Crippen LogP contribution in [-0.2, 0) is 7.05 Å². The first kappa shape index (κ1) is 9.62. The predicted molar refractivity (Wildman–Crippen MR) is 60.9 cm³/mol. The molecule has 0 aliphatic carbocycles. The Morgan fingerprint density at radius 2 is 1.93 bits per heavy atom. The van der Waals surface area contributed by atoms with Crippen molar-refractivity contribution in [2.75, 3.05) is 0 Å². The van der Waals surface area contributed by atoms with Crippen molar-refractivity contribution in [3.63, 3.8) is 0 Å². The van der Waals surface area contributed by atoms with Gasteiger partial charge in [0, 0.05) is 17.6 Å². The van der Waals surface area contributed by atoms with Crippen LogP contribution >= 0.6 is 24.2 Å². The Balaban J connectivity index is 2.44. The van der Waals surface area contributed by atoms with Gasteiger partial charge in [0.2, 0.25) is 0 Å². The number of rotatable bonds is 1. The van der Waals surface area contributed by atoms with Crippen LogP contribution in [0.1, 0.15) is 0 Å². The lowest BCUT2D eigenvalue weighted by Crippen LogP contribution is -1.90. The molecule has 0 radical (unpaired) electrons. The molecule has 14 heavy (non-hydrogen) atoms. The standard InChI is InChI=1S/C10H9ClN2S/c1-13-10(14)6-9(12-13)7-2-4-8(11)5-3-7/h2-6,14H,1H3. The summed E-state index contributed by atoms with van der Waals surface area (Å²) in [5, 5.41) is 5.88. The van der Waals surface area contributed by atoms with Gasteiger partial charge in [0.05, 0.1) is 10.7 Å². The van der Waals surface area contributed by atoms with E-state index in [0.717, 1.165) is 21.3 Å². The van der Waals surface area contributed by atoms with Gasteiger partial charge < -0.3 is 0 Å². The number of benzene rings is 1. The molecule has 0 fully saturated rings. The highest BCUT2D eigenvalue weighted by Crippen LogP contribution is 2.21. The highest BCUT2D eigenvalue weighted by Gasteiger charge is 2.03. The second-order valence-electron chi connectivity index (χ2n) is 3.02. The largest absolute Gasteiger partial charge is 0.262 e. The molecule has 0 atom stereocenters. The van der Waals surface area contributed by atoms with E-state index in [2.05, 4.69) is 17.7 Å². The van der Waals surface area contributed by atoms with Crippen LogP contribution < -0.4 is 0 Å². The van der Waals surface area contributed by atoms with Crippen molar-refractivity contribution in [1.29, 1.82) is 0 Å². The molecule has 4 heteroatoms. The molecule has 0 spiro atoms. The van der Waals surface area contributed by atoms with Crippen LogP contribution in [0.15, 0.2) is 35.4 Å². The summed E-state index contributed by atoms with van der Waals surface area (Å²) < 4.78 is 1.73. The van der Waals surface area contributed by atoms with Crippen LogP contribution in [-0.4, -0.2) is 9.78 Å². The minimum Gasteiger partial charge on any atom is -0.262 e. The molecule has 0 amide bonds. The van der Waals surface area contributed by atoms with Crippen LogP contribution in [0.25, 0.3) is 11.3 Å². The minimum atomic E-state index is 0.732. The third-order valence-corrected chi connectivity index (χ3v) is 2.67. The molecule has 2 rings (SSSR count). The van der Waals surface area contributed by atoms with Crippen molar-refractivity contribution in [2.45, 2.75) is 5.03 Å². The Kier molecular flexibility index (Phi) is 2.52. The molecule has 0 aliphatic heterocycles. The fraction of sp³-hybridized carbons (Fsp3) is 0.100. The number of thiol groups is 1. The third-order valence-electron chi connectivity index (χ3n) is 2.00. The van der Waals surface area contributed by atoms with Crippen LogP contribution in [0, 0.1) is 0 Å². The summed E-state index contributed by atoms with van der Waals surface area (Å²) >= 11 is 10.1. The topological polar surface area (TPSA) is 17.8 Å². The van der Waals surface area contributed by atoms with Crippen molar-refractivity contribution in [1.82, 2.24) is 9.78 Å². The molecule has 2 nitrogen and oxygen atoms in total. The lowest BCUT2D eigenvalue weighted by Gasteiger charge is -1.95. The molecule has 0 bridgehead atoms. The van der Waals surface area contributed by atoms with Gasteiger partial charge in [-0.05, 0) is 18.2 Å². The number of aryl methyl sites for hydroxylation is 1. The summed E-state index contributed by atoms with van der Waals surface area (Å²) in [6.07, 6.45) is 0. The average Bonchev–Trinajstić information content (AvgIpc) is 2.48. The third kappa shape index (κ3) is 1.79. The molecule has 2 aromatic rings.